The molecule has 0 bridgehead atoms. The van der Waals surface area contributed by atoms with Gasteiger partial charge in [0.05, 0.1) is 6.61 Å². The second-order valence-corrected chi connectivity index (χ2v) is 7.26. The van der Waals surface area contributed by atoms with Gasteiger partial charge in [0, 0.05) is 23.8 Å². The molecule has 2 aromatic carbocycles. The Morgan fingerprint density at radius 2 is 2.00 bits per heavy atom. The van der Waals surface area contributed by atoms with E-state index in [1.54, 1.807) is 30.3 Å². The Kier molecular flexibility index (Phi) is 6.72. The van der Waals surface area contributed by atoms with Crippen molar-refractivity contribution < 1.29 is 14.6 Å². The highest BCUT2D eigenvalue weighted by atomic mass is 16.5. The SMILES string of the molecule is CCOc1cc(CNC2CCC2)cc(C(Nc2ccc(C(=N)N)cc2)C(=O)O)c1. The van der Waals surface area contributed by atoms with Crippen LogP contribution in [0.1, 0.15) is 48.9 Å². The fraction of sp³-hybridized carbons (Fsp3) is 0.364. The van der Waals surface area contributed by atoms with Crippen molar-refractivity contribution in [1.29, 1.82) is 5.41 Å². The molecule has 154 valence electrons. The number of carboxylic acid groups (broad SMARTS) is 1. The molecule has 0 spiro atoms. The molecule has 2 aromatic rings. The first-order valence-corrected chi connectivity index (χ1v) is 9.90. The number of benzene rings is 2. The Morgan fingerprint density at radius 3 is 2.55 bits per heavy atom. The fourth-order valence-corrected chi connectivity index (χ4v) is 3.28. The van der Waals surface area contributed by atoms with Gasteiger partial charge in [0.15, 0.2) is 6.04 Å². The van der Waals surface area contributed by atoms with Crippen LogP contribution in [0.4, 0.5) is 5.69 Å². The predicted octanol–water partition coefficient (Wildman–Crippen LogP) is 3.25. The standard InChI is InChI=1S/C22H28N4O3/c1-2-29-19-11-14(13-25-17-4-3-5-17)10-16(12-19)20(22(27)28)26-18-8-6-15(7-9-18)21(23)24/h6-12,17,20,25-26H,2-5,13H2,1H3,(H3,23,24)(H,27,28). The van der Waals surface area contributed by atoms with Gasteiger partial charge in [-0.05, 0) is 67.3 Å². The van der Waals surface area contributed by atoms with Crippen LogP contribution in [0.5, 0.6) is 5.75 Å². The lowest BCUT2D eigenvalue weighted by Gasteiger charge is -2.27. The average molecular weight is 396 g/mol. The van der Waals surface area contributed by atoms with Gasteiger partial charge < -0.3 is 26.2 Å². The predicted molar refractivity (Wildman–Crippen MR) is 114 cm³/mol. The van der Waals surface area contributed by atoms with Gasteiger partial charge in [-0.3, -0.25) is 5.41 Å². The van der Waals surface area contributed by atoms with Crippen LogP contribution >= 0.6 is 0 Å². The van der Waals surface area contributed by atoms with Crippen molar-refractivity contribution in [3.8, 4) is 5.75 Å². The van der Waals surface area contributed by atoms with Crippen LogP contribution in [0.15, 0.2) is 42.5 Å². The summed E-state index contributed by atoms with van der Waals surface area (Å²) in [6.45, 7) is 3.09. The summed E-state index contributed by atoms with van der Waals surface area (Å²) in [5.74, 6) is -0.345. The van der Waals surface area contributed by atoms with Crippen molar-refractivity contribution >= 4 is 17.5 Å². The third-order valence-electron chi connectivity index (χ3n) is 5.09. The molecule has 1 aliphatic carbocycles. The molecule has 1 unspecified atom stereocenters. The van der Waals surface area contributed by atoms with E-state index in [1.165, 1.54) is 19.3 Å². The lowest BCUT2D eigenvalue weighted by Crippen LogP contribution is -2.34. The van der Waals surface area contributed by atoms with Crippen LogP contribution in [-0.2, 0) is 11.3 Å². The molecule has 0 saturated heterocycles. The number of aliphatic carboxylic acids is 1. The summed E-state index contributed by atoms with van der Waals surface area (Å²) in [6.07, 6.45) is 3.64. The molecule has 6 N–H and O–H groups in total. The van der Waals surface area contributed by atoms with E-state index in [2.05, 4.69) is 10.6 Å². The number of carbonyl (C=O) groups is 1. The van der Waals surface area contributed by atoms with E-state index in [1.807, 2.05) is 19.1 Å². The molecule has 29 heavy (non-hydrogen) atoms. The maximum atomic E-state index is 12.0. The molecule has 0 amide bonds. The average Bonchev–Trinajstić information content (AvgIpc) is 2.65. The number of nitrogens with two attached hydrogens (primary N) is 1. The van der Waals surface area contributed by atoms with Crippen molar-refractivity contribution in [2.45, 2.75) is 44.8 Å². The first kappa shape index (κ1) is 20.7. The number of ether oxygens (including phenoxy) is 1. The van der Waals surface area contributed by atoms with E-state index in [0.717, 1.165) is 5.56 Å². The van der Waals surface area contributed by atoms with Crippen LogP contribution in [0.2, 0.25) is 0 Å². The van der Waals surface area contributed by atoms with Crippen molar-refractivity contribution in [1.82, 2.24) is 5.32 Å². The summed E-state index contributed by atoms with van der Waals surface area (Å²) in [4.78, 5) is 12.0. The number of nitrogen functional groups attached to an aromatic ring is 1. The topological polar surface area (TPSA) is 120 Å². The number of nitrogens with one attached hydrogen (secondary N) is 3. The lowest BCUT2D eigenvalue weighted by molar-refractivity contribution is -0.138. The van der Waals surface area contributed by atoms with Gasteiger partial charge >= 0.3 is 5.97 Å². The quantitative estimate of drug-likeness (QED) is 0.311. The van der Waals surface area contributed by atoms with E-state index >= 15 is 0 Å². The molecule has 0 radical (unpaired) electrons. The van der Waals surface area contributed by atoms with E-state index in [-0.39, 0.29) is 5.84 Å². The molecular weight excluding hydrogens is 368 g/mol. The zero-order valence-corrected chi connectivity index (χ0v) is 16.6. The summed E-state index contributed by atoms with van der Waals surface area (Å²) in [6, 6.07) is 12.1. The minimum atomic E-state index is -0.979. The molecule has 1 fully saturated rings. The Morgan fingerprint density at radius 1 is 1.28 bits per heavy atom. The van der Waals surface area contributed by atoms with Crippen LogP contribution in [-0.4, -0.2) is 29.6 Å². The highest BCUT2D eigenvalue weighted by Gasteiger charge is 2.22. The Labute approximate surface area is 170 Å². The van der Waals surface area contributed by atoms with E-state index in [9.17, 15) is 9.90 Å². The highest BCUT2D eigenvalue weighted by Crippen LogP contribution is 2.27. The van der Waals surface area contributed by atoms with E-state index in [4.69, 9.17) is 15.9 Å². The Bertz CT molecular complexity index is 863. The van der Waals surface area contributed by atoms with Gasteiger partial charge in [-0.2, -0.15) is 0 Å². The summed E-state index contributed by atoms with van der Waals surface area (Å²) >= 11 is 0. The van der Waals surface area contributed by atoms with Gasteiger partial charge in [0.2, 0.25) is 0 Å². The molecule has 7 nitrogen and oxygen atoms in total. The Hall–Kier alpha value is -3.06. The van der Waals surface area contributed by atoms with Crippen molar-refractivity contribution in [2.75, 3.05) is 11.9 Å². The first-order chi connectivity index (χ1) is 14.0. The number of amidine groups is 1. The minimum Gasteiger partial charge on any atom is -0.494 e. The third-order valence-corrected chi connectivity index (χ3v) is 5.09. The molecule has 1 aliphatic rings. The highest BCUT2D eigenvalue weighted by molar-refractivity contribution is 5.95. The number of hydrogen-bond acceptors (Lipinski definition) is 5. The Balaban J connectivity index is 1.82. The monoisotopic (exact) mass is 396 g/mol. The lowest BCUT2D eigenvalue weighted by atomic mass is 9.93. The molecule has 7 heteroatoms. The van der Waals surface area contributed by atoms with E-state index in [0.29, 0.717) is 41.8 Å². The molecular formula is C22H28N4O3. The van der Waals surface area contributed by atoms with Gasteiger partial charge in [0.25, 0.3) is 0 Å². The molecule has 1 atom stereocenters. The van der Waals surface area contributed by atoms with Crippen molar-refractivity contribution in [2.24, 2.45) is 5.73 Å². The molecule has 1 saturated carbocycles. The number of rotatable bonds is 10. The van der Waals surface area contributed by atoms with Crippen molar-refractivity contribution in [3.05, 3.63) is 59.2 Å². The van der Waals surface area contributed by atoms with Gasteiger partial charge in [-0.25, -0.2) is 4.79 Å². The second-order valence-electron chi connectivity index (χ2n) is 7.26. The van der Waals surface area contributed by atoms with Gasteiger partial charge in [-0.1, -0.05) is 12.5 Å². The fourth-order valence-electron chi connectivity index (χ4n) is 3.28. The molecule has 0 aliphatic heterocycles. The summed E-state index contributed by atoms with van der Waals surface area (Å²) in [5, 5.41) is 23.9. The van der Waals surface area contributed by atoms with Crippen molar-refractivity contribution in [3.63, 3.8) is 0 Å². The van der Waals surface area contributed by atoms with Crippen LogP contribution < -0.4 is 21.1 Å². The molecule has 0 heterocycles. The maximum absolute atomic E-state index is 12.0. The number of anilines is 1. The first-order valence-electron chi connectivity index (χ1n) is 9.90. The van der Waals surface area contributed by atoms with Crippen LogP contribution in [0, 0.1) is 5.41 Å². The third kappa shape index (κ3) is 5.48. The number of carboxylic acids is 1. The maximum Gasteiger partial charge on any atom is 0.330 e. The van der Waals surface area contributed by atoms with Crippen LogP contribution in [0.25, 0.3) is 0 Å². The van der Waals surface area contributed by atoms with Gasteiger partial charge in [-0.15, -0.1) is 0 Å². The summed E-state index contributed by atoms with van der Waals surface area (Å²) in [5.41, 5.74) is 8.33. The summed E-state index contributed by atoms with van der Waals surface area (Å²) < 4.78 is 5.67. The van der Waals surface area contributed by atoms with E-state index < -0.39 is 12.0 Å². The normalized spacial score (nSPS) is 14.7. The molecule has 3 rings (SSSR count). The number of hydrogen-bond donors (Lipinski definition) is 5. The molecule has 0 aromatic heterocycles. The van der Waals surface area contributed by atoms with Gasteiger partial charge in [0.1, 0.15) is 11.6 Å². The second kappa shape index (κ2) is 9.43. The largest absolute Gasteiger partial charge is 0.494 e. The van der Waals surface area contributed by atoms with Crippen LogP contribution in [0.3, 0.4) is 0 Å². The smallest absolute Gasteiger partial charge is 0.330 e. The summed E-state index contributed by atoms with van der Waals surface area (Å²) in [7, 11) is 0. The zero-order valence-electron chi connectivity index (χ0n) is 16.6. The minimum absolute atomic E-state index is 0.0284. The zero-order chi connectivity index (χ0) is 20.8.